The Morgan fingerprint density at radius 3 is 2.12 bits per heavy atom. The minimum absolute atomic E-state index is 0.285. The molecule has 1 nitrogen and oxygen atoms in total. The van der Waals surface area contributed by atoms with Crippen molar-refractivity contribution in [1.29, 1.82) is 0 Å². The van der Waals surface area contributed by atoms with Gasteiger partial charge in [0, 0.05) is 12.1 Å². The summed E-state index contributed by atoms with van der Waals surface area (Å²) < 4.78 is 0. The average Bonchev–Trinajstić information content (AvgIpc) is 2.67. The first kappa shape index (κ1) is 15.9. The van der Waals surface area contributed by atoms with E-state index in [0.29, 0.717) is 6.04 Å². The summed E-state index contributed by atoms with van der Waals surface area (Å²) in [5.74, 6) is 0. The largest absolute Gasteiger partial charge is 0.304 e. The van der Waals surface area contributed by atoms with Crippen molar-refractivity contribution in [2.45, 2.75) is 25.9 Å². The maximum atomic E-state index is 3.77. The molecule has 0 saturated carbocycles. The first-order valence-electron chi connectivity index (χ1n) is 8.95. The predicted molar refractivity (Wildman–Crippen MR) is 108 cm³/mol. The summed E-state index contributed by atoms with van der Waals surface area (Å²) in [7, 11) is 0. The molecule has 0 aliphatic carbocycles. The molecule has 4 aromatic rings. The lowest BCUT2D eigenvalue weighted by molar-refractivity contribution is 0.497. The molecular weight excluding hydrogens is 302 g/mol. The number of hydrogen-bond donors (Lipinski definition) is 1. The highest BCUT2D eigenvalue weighted by Crippen LogP contribution is 2.27. The molecule has 0 saturated heterocycles. The van der Waals surface area contributed by atoms with Crippen molar-refractivity contribution in [3.63, 3.8) is 0 Å². The van der Waals surface area contributed by atoms with Gasteiger partial charge >= 0.3 is 0 Å². The Morgan fingerprint density at radius 2 is 1.28 bits per heavy atom. The van der Waals surface area contributed by atoms with Crippen LogP contribution in [-0.2, 0) is 0 Å². The van der Waals surface area contributed by atoms with Gasteiger partial charge in [0.15, 0.2) is 0 Å². The molecule has 4 rings (SSSR count). The summed E-state index contributed by atoms with van der Waals surface area (Å²) in [5, 5.41) is 8.99. The monoisotopic (exact) mass is 325 g/mol. The Morgan fingerprint density at radius 1 is 0.600 bits per heavy atom. The molecule has 0 radical (unpaired) electrons. The highest BCUT2D eigenvalue weighted by Gasteiger charge is 2.13. The molecule has 25 heavy (non-hydrogen) atoms. The van der Waals surface area contributed by atoms with Crippen LogP contribution in [0, 0.1) is 0 Å². The number of nitrogens with one attached hydrogen (secondary N) is 1. The third kappa shape index (κ3) is 3.16. The van der Waals surface area contributed by atoms with Crippen LogP contribution in [0.2, 0.25) is 0 Å². The van der Waals surface area contributed by atoms with Gasteiger partial charge in [0.05, 0.1) is 0 Å². The quantitative estimate of drug-likeness (QED) is 0.457. The van der Waals surface area contributed by atoms with Crippen molar-refractivity contribution in [2.24, 2.45) is 0 Å². The molecule has 0 aromatic heterocycles. The third-order valence-electron chi connectivity index (χ3n) is 5.06. The molecule has 0 heterocycles. The zero-order chi connectivity index (χ0) is 17.2. The number of rotatable bonds is 4. The minimum Gasteiger partial charge on any atom is -0.304 e. The molecule has 0 aliphatic rings. The second-order valence-electron chi connectivity index (χ2n) is 6.79. The van der Waals surface area contributed by atoms with Crippen LogP contribution in [0.5, 0.6) is 0 Å². The van der Waals surface area contributed by atoms with E-state index in [2.05, 4.69) is 104 Å². The summed E-state index contributed by atoms with van der Waals surface area (Å²) in [5.41, 5.74) is 2.68. The Kier molecular flexibility index (Phi) is 4.25. The van der Waals surface area contributed by atoms with Gasteiger partial charge in [-0.2, -0.15) is 0 Å². The van der Waals surface area contributed by atoms with Crippen LogP contribution in [0.4, 0.5) is 0 Å². The molecule has 4 aromatic carbocycles. The molecule has 0 aliphatic heterocycles. The van der Waals surface area contributed by atoms with Crippen LogP contribution < -0.4 is 5.32 Å². The average molecular weight is 325 g/mol. The van der Waals surface area contributed by atoms with E-state index in [0.717, 1.165) is 0 Å². The van der Waals surface area contributed by atoms with Crippen LogP contribution in [-0.4, -0.2) is 0 Å². The fourth-order valence-electron chi connectivity index (χ4n) is 3.67. The highest BCUT2D eigenvalue weighted by atomic mass is 14.9. The van der Waals surface area contributed by atoms with E-state index in [4.69, 9.17) is 0 Å². The molecule has 2 atom stereocenters. The van der Waals surface area contributed by atoms with Crippen molar-refractivity contribution in [1.82, 2.24) is 5.32 Å². The van der Waals surface area contributed by atoms with Gasteiger partial charge in [0.2, 0.25) is 0 Å². The highest BCUT2D eigenvalue weighted by molar-refractivity contribution is 5.86. The van der Waals surface area contributed by atoms with Crippen molar-refractivity contribution < 1.29 is 0 Å². The SMILES string of the molecule is CC(N[C@H](C)c1cccc2ccccc12)c1ccc2ccccc2c1. The topological polar surface area (TPSA) is 12.0 Å². The lowest BCUT2D eigenvalue weighted by atomic mass is 9.97. The van der Waals surface area contributed by atoms with E-state index in [-0.39, 0.29) is 6.04 Å². The molecule has 1 heteroatoms. The standard InChI is InChI=1S/C24H23N/c1-17(21-15-14-19-8-3-4-10-22(19)16-21)25-18(2)23-13-7-11-20-9-5-6-12-24(20)23/h3-18,25H,1-2H3/t17?,18-/m1/s1. The first-order chi connectivity index (χ1) is 12.2. The molecular formula is C24H23N. The van der Waals surface area contributed by atoms with Crippen LogP contribution in [0.1, 0.15) is 37.1 Å². The summed E-state index contributed by atoms with van der Waals surface area (Å²) in [6, 6.07) is 31.0. The van der Waals surface area contributed by atoms with E-state index >= 15 is 0 Å². The maximum absolute atomic E-state index is 3.77. The molecule has 1 N–H and O–H groups in total. The van der Waals surface area contributed by atoms with Crippen LogP contribution in [0.3, 0.4) is 0 Å². The van der Waals surface area contributed by atoms with Gasteiger partial charge < -0.3 is 5.32 Å². The van der Waals surface area contributed by atoms with Crippen LogP contribution >= 0.6 is 0 Å². The smallest absolute Gasteiger partial charge is 0.0303 e. The van der Waals surface area contributed by atoms with E-state index in [1.54, 1.807) is 0 Å². The molecule has 1 unspecified atom stereocenters. The van der Waals surface area contributed by atoms with Gasteiger partial charge in [-0.3, -0.25) is 0 Å². The third-order valence-corrected chi connectivity index (χ3v) is 5.06. The summed E-state index contributed by atoms with van der Waals surface area (Å²) in [6.07, 6.45) is 0. The number of fused-ring (bicyclic) bond motifs is 2. The van der Waals surface area contributed by atoms with Crippen molar-refractivity contribution in [3.8, 4) is 0 Å². The Bertz CT molecular complexity index is 1010. The van der Waals surface area contributed by atoms with Crippen LogP contribution in [0.15, 0.2) is 84.9 Å². The number of benzene rings is 4. The normalized spacial score (nSPS) is 13.8. The Balaban J connectivity index is 1.61. The lowest BCUT2D eigenvalue weighted by Crippen LogP contribution is -2.22. The summed E-state index contributed by atoms with van der Waals surface area (Å²) in [6.45, 7) is 4.49. The molecule has 0 fully saturated rings. The second-order valence-corrected chi connectivity index (χ2v) is 6.79. The Hall–Kier alpha value is -2.64. The summed E-state index contributed by atoms with van der Waals surface area (Å²) >= 11 is 0. The number of hydrogen-bond acceptors (Lipinski definition) is 1. The van der Waals surface area contributed by atoms with E-state index in [9.17, 15) is 0 Å². The van der Waals surface area contributed by atoms with E-state index in [1.807, 2.05) is 0 Å². The van der Waals surface area contributed by atoms with E-state index < -0.39 is 0 Å². The Labute approximate surface area is 149 Å². The fraction of sp³-hybridized carbons (Fsp3) is 0.167. The lowest BCUT2D eigenvalue weighted by Gasteiger charge is -2.22. The van der Waals surface area contributed by atoms with Crippen LogP contribution in [0.25, 0.3) is 21.5 Å². The van der Waals surface area contributed by atoms with Gasteiger partial charge in [-0.15, -0.1) is 0 Å². The minimum atomic E-state index is 0.285. The van der Waals surface area contributed by atoms with Crippen molar-refractivity contribution in [2.75, 3.05) is 0 Å². The zero-order valence-electron chi connectivity index (χ0n) is 14.7. The van der Waals surface area contributed by atoms with Gasteiger partial charge in [0.1, 0.15) is 0 Å². The predicted octanol–water partition coefficient (Wildman–Crippen LogP) is 6.40. The van der Waals surface area contributed by atoms with Gasteiger partial charge in [-0.25, -0.2) is 0 Å². The first-order valence-corrected chi connectivity index (χ1v) is 8.95. The zero-order valence-corrected chi connectivity index (χ0v) is 14.7. The van der Waals surface area contributed by atoms with E-state index in [1.165, 1.54) is 32.7 Å². The van der Waals surface area contributed by atoms with Gasteiger partial charge in [-0.1, -0.05) is 78.9 Å². The summed E-state index contributed by atoms with van der Waals surface area (Å²) in [4.78, 5) is 0. The maximum Gasteiger partial charge on any atom is 0.0303 e. The molecule has 0 bridgehead atoms. The van der Waals surface area contributed by atoms with Gasteiger partial charge in [0.25, 0.3) is 0 Å². The molecule has 124 valence electrons. The second kappa shape index (κ2) is 6.70. The van der Waals surface area contributed by atoms with Gasteiger partial charge in [-0.05, 0) is 52.6 Å². The van der Waals surface area contributed by atoms with Crippen molar-refractivity contribution in [3.05, 3.63) is 96.1 Å². The fourth-order valence-corrected chi connectivity index (χ4v) is 3.67. The van der Waals surface area contributed by atoms with Crippen molar-refractivity contribution >= 4 is 21.5 Å². The molecule has 0 amide bonds. The molecule has 0 spiro atoms.